The van der Waals surface area contributed by atoms with Crippen molar-refractivity contribution in [3.63, 3.8) is 0 Å². The van der Waals surface area contributed by atoms with Gasteiger partial charge in [-0.25, -0.2) is 0 Å². The molecule has 4 aromatic rings. The minimum atomic E-state index is 0.00505. The van der Waals surface area contributed by atoms with Crippen LogP contribution in [-0.2, 0) is 0 Å². The largest absolute Gasteiger partial charge is 0.491 e. The fraction of sp³-hybridized carbons (Fsp3) is 0.314. The number of benzene rings is 4. The molecule has 2 atom stereocenters. The van der Waals surface area contributed by atoms with Gasteiger partial charge in [-0.05, 0) is 104 Å². The summed E-state index contributed by atoms with van der Waals surface area (Å²) in [6.07, 6.45) is 3.11. The first-order valence-corrected chi connectivity index (χ1v) is 14.3. The third-order valence-electron chi connectivity index (χ3n) is 6.70. The first-order chi connectivity index (χ1) is 20.0. The van der Waals surface area contributed by atoms with Crippen molar-refractivity contribution in [1.29, 1.82) is 0 Å². The van der Waals surface area contributed by atoms with Gasteiger partial charge >= 0.3 is 0 Å². The fourth-order valence-electron chi connectivity index (χ4n) is 4.54. The number of hydrogen-bond donors (Lipinski definition) is 2. The van der Waals surface area contributed by atoms with Crippen LogP contribution in [0.1, 0.15) is 33.1 Å². The van der Waals surface area contributed by atoms with Crippen molar-refractivity contribution in [2.45, 2.75) is 45.3 Å². The summed E-state index contributed by atoms with van der Waals surface area (Å²) >= 11 is 0. The summed E-state index contributed by atoms with van der Waals surface area (Å²) in [4.78, 5) is 0. The molecule has 0 radical (unpaired) electrons. The lowest BCUT2D eigenvalue weighted by molar-refractivity contribution is 0.179. The molecular weight excluding hydrogens is 516 g/mol. The van der Waals surface area contributed by atoms with Crippen LogP contribution in [0.2, 0.25) is 0 Å². The molecule has 0 aromatic heterocycles. The van der Waals surface area contributed by atoms with Crippen molar-refractivity contribution in [3.05, 3.63) is 97.1 Å². The summed E-state index contributed by atoms with van der Waals surface area (Å²) in [6.45, 7) is 4.81. The maximum absolute atomic E-state index is 8.88. The molecule has 4 rings (SSSR count). The Morgan fingerprint density at radius 3 is 1.05 bits per heavy atom. The number of aliphatic hydroxyl groups is 2. The molecule has 0 saturated carbocycles. The highest BCUT2D eigenvalue weighted by Crippen LogP contribution is 2.27. The van der Waals surface area contributed by atoms with Gasteiger partial charge in [0.1, 0.15) is 36.2 Å². The maximum atomic E-state index is 8.88. The standard InChI is InChI=1S/C35H40O6/c1-26(40-34-18-10-30(11-19-34)28-6-14-32(15-7-28)38-24-22-36)4-3-5-27(2)41-35-20-12-31(13-21-35)29-8-16-33(17-9-29)39-25-23-37/h6-21,26-27,36-37H,3-5,22-25H2,1-2H3. The molecule has 6 nitrogen and oxygen atoms in total. The molecule has 0 heterocycles. The molecule has 0 bridgehead atoms. The molecule has 6 heteroatoms. The third-order valence-corrected chi connectivity index (χ3v) is 6.70. The summed E-state index contributed by atoms with van der Waals surface area (Å²) in [5.41, 5.74) is 4.42. The van der Waals surface area contributed by atoms with Crippen LogP contribution in [0.5, 0.6) is 23.0 Å². The average molecular weight is 557 g/mol. The molecule has 4 aromatic carbocycles. The van der Waals surface area contributed by atoms with E-state index in [1.165, 1.54) is 0 Å². The highest BCUT2D eigenvalue weighted by Gasteiger charge is 2.09. The van der Waals surface area contributed by atoms with Gasteiger partial charge in [-0.15, -0.1) is 0 Å². The Bertz CT molecular complexity index is 1180. The van der Waals surface area contributed by atoms with E-state index in [9.17, 15) is 0 Å². The van der Waals surface area contributed by atoms with Gasteiger partial charge in [0.25, 0.3) is 0 Å². The van der Waals surface area contributed by atoms with Crippen molar-refractivity contribution in [1.82, 2.24) is 0 Å². The lowest BCUT2D eigenvalue weighted by Gasteiger charge is -2.18. The Balaban J connectivity index is 1.17. The van der Waals surface area contributed by atoms with Gasteiger partial charge in [-0.2, -0.15) is 0 Å². The molecule has 216 valence electrons. The van der Waals surface area contributed by atoms with Gasteiger partial charge in [-0.3, -0.25) is 0 Å². The Kier molecular flexibility index (Phi) is 11.5. The second kappa shape index (κ2) is 15.7. The zero-order valence-corrected chi connectivity index (χ0v) is 23.9. The van der Waals surface area contributed by atoms with Gasteiger partial charge in [0, 0.05) is 0 Å². The van der Waals surface area contributed by atoms with E-state index in [4.69, 9.17) is 29.2 Å². The van der Waals surface area contributed by atoms with Crippen LogP contribution < -0.4 is 18.9 Å². The van der Waals surface area contributed by atoms with Crippen LogP contribution in [0.4, 0.5) is 0 Å². The predicted octanol–water partition coefficient (Wildman–Crippen LogP) is 7.17. The topological polar surface area (TPSA) is 77.4 Å². The maximum Gasteiger partial charge on any atom is 0.119 e. The fourth-order valence-corrected chi connectivity index (χ4v) is 4.54. The summed E-state index contributed by atoms with van der Waals surface area (Å²) in [6, 6.07) is 32.0. The number of rotatable bonds is 16. The molecule has 0 saturated heterocycles. The zero-order valence-electron chi connectivity index (χ0n) is 23.9. The Morgan fingerprint density at radius 2 is 0.756 bits per heavy atom. The minimum Gasteiger partial charge on any atom is -0.491 e. The van der Waals surface area contributed by atoms with Crippen LogP contribution >= 0.6 is 0 Å². The molecule has 0 aliphatic carbocycles. The van der Waals surface area contributed by atoms with E-state index in [2.05, 4.69) is 38.1 Å². The van der Waals surface area contributed by atoms with E-state index in [-0.39, 0.29) is 25.4 Å². The van der Waals surface area contributed by atoms with E-state index in [1.54, 1.807) is 0 Å². The molecule has 0 spiro atoms. The quantitative estimate of drug-likeness (QED) is 0.152. The van der Waals surface area contributed by atoms with E-state index in [0.717, 1.165) is 64.5 Å². The Labute approximate surface area is 243 Å². The van der Waals surface area contributed by atoms with Gasteiger partial charge in [0.15, 0.2) is 0 Å². The monoisotopic (exact) mass is 556 g/mol. The average Bonchev–Trinajstić information content (AvgIpc) is 3.00. The molecule has 0 aliphatic heterocycles. The van der Waals surface area contributed by atoms with Crippen molar-refractivity contribution in [2.24, 2.45) is 0 Å². The number of hydrogen-bond acceptors (Lipinski definition) is 6. The second-order valence-corrected chi connectivity index (χ2v) is 10.0. The van der Waals surface area contributed by atoms with Crippen molar-refractivity contribution in [2.75, 3.05) is 26.4 Å². The van der Waals surface area contributed by atoms with Gasteiger partial charge in [-0.1, -0.05) is 48.5 Å². The number of aliphatic hydroxyl groups excluding tert-OH is 2. The molecule has 0 aliphatic rings. The van der Waals surface area contributed by atoms with Crippen molar-refractivity contribution in [3.8, 4) is 45.3 Å². The third kappa shape index (κ3) is 9.55. The summed E-state index contributed by atoms with van der Waals surface area (Å²) in [5, 5.41) is 17.8. The smallest absolute Gasteiger partial charge is 0.119 e. The first kappa shape index (κ1) is 30.0. The Hall–Kier alpha value is -4.00. The zero-order chi connectivity index (χ0) is 28.9. The van der Waals surface area contributed by atoms with Gasteiger partial charge < -0.3 is 29.2 Å². The summed E-state index contributed by atoms with van der Waals surface area (Å²) in [7, 11) is 0. The SMILES string of the molecule is CC(CCCC(C)Oc1ccc(-c2ccc(OCCO)cc2)cc1)Oc1ccc(-c2ccc(OCCO)cc2)cc1. The summed E-state index contributed by atoms with van der Waals surface area (Å²) < 4.78 is 23.2. The molecule has 0 fully saturated rings. The number of ether oxygens (including phenoxy) is 4. The molecule has 2 N–H and O–H groups in total. The van der Waals surface area contributed by atoms with Crippen LogP contribution in [0.3, 0.4) is 0 Å². The van der Waals surface area contributed by atoms with Crippen molar-refractivity contribution < 1.29 is 29.2 Å². The van der Waals surface area contributed by atoms with E-state index in [1.807, 2.05) is 72.8 Å². The highest BCUT2D eigenvalue weighted by atomic mass is 16.5. The van der Waals surface area contributed by atoms with Crippen LogP contribution in [0, 0.1) is 0 Å². The van der Waals surface area contributed by atoms with Crippen LogP contribution in [-0.4, -0.2) is 48.8 Å². The predicted molar refractivity (Wildman–Crippen MR) is 163 cm³/mol. The first-order valence-electron chi connectivity index (χ1n) is 14.3. The van der Waals surface area contributed by atoms with E-state index in [0.29, 0.717) is 13.2 Å². The lowest BCUT2D eigenvalue weighted by atomic mass is 10.1. The second-order valence-electron chi connectivity index (χ2n) is 10.0. The van der Waals surface area contributed by atoms with Gasteiger partial charge in [0.05, 0.1) is 25.4 Å². The Morgan fingerprint density at radius 1 is 0.463 bits per heavy atom. The van der Waals surface area contributed by atoms with Crippen LogP contribution in [0.15, 0.2) is 97.1 Å². The normalized spacial score (nSPS) is 12.4. The van der Waals surface area contributed by atoms with Crippen molar-refractivity contribution >= 4 is 0 Å². The highest BCUT2D eigenvalue weighted by molar-refractivity contribution is 5.65. The van der Waals surface area contributed by atoms with Gasteiger partial charge in [0.2, 0.25) is 0 Å². The molecule has 2 unspecified atom stereocenters. The molecule has 0 amide bonds. The van der Waals surface area contributed by atoms with E-state index < -0.39 is 0 Å². The summed E-state index contributed by atoms with van der Waals surface area (Å²) in [5.74, 6) is 3.22. The lowest BCUT2D eigenvalue weighted by Crippen LogP contribution is -2.15. The minimum absolute atomic E-state index is 0.00505. The molecule has 41 heavy (non-hydrogen) atoms. The van der Waals surface area contributed by atoms with E-state index >= 15 is 0 Å². The van der Waals surface area contributed by atoms with Crippen LogP contribution in [0.25, 0.3) is 22.3 Å². The molecular formula is C35H40O6.